The summed E-state index contributed by atoms with van der Waals surface area (Å²) < 4.78 is 1.92. The number of rotatable bonds is 4. The second-order valence-electron chi connectivity index (χ2n) is 5.02. The normalized spacial score (nSPS) is 22.4. The molecule has 0 spiro atoms. The zero-order valence-corrected chi connectivity index (χ0v) is 12.2. The van der Waals surface area contributed by atoms with Crippen molar-refractivity contribution in [2.24, 2.45) is 18.0 Å². The zero-order chi connectivity index (χ0) is 13.0. The molecule has 1 aromatic rings. The quantitative estimate of drug-likeness (QED) is 0.907. The van der Waals surface area contributed by atoms with Gasteiger partial charge in [-0.05, 0) is 18.4 Å². The van der Waals surface area contributed by atoms with E-state index in [1.165, 1.54) is 17.9 Å². The van der Waals surface area contributed by atoms with Crippen LogP contribution in [0.3, 0.4) is 0 Å². The Bertz CT molecular complexity index is 411. The summed E-state index contributed by atoms with van der Waals surface area (Å²) in [6.45, 7) is 5.36. The lowest BCUT2D eigenvalue weighted by molar-refractivity contribution is 0.442. The van der Waals surface area contributed by atoms with Gasteiger partial charge >= 0.3 is 0 Å². The summed E-state index contributed by atoms with van der Waals surface area (Å²) in [5.41, 5.74) is 1.24. The Morgan fingerprint density at radius 1 is 1.61 bits per heavy atom. The summed E-state index contributed by atoms with van der Waals surface area (Å²) in [7, 11) is 1.98. The maximum Gasteiger partial charge on any atom is 0.156 e. The summed E-state index contributed by atoms with van der Waals surface area (Å²) in [6.07, 6.45) is 4.03. The van der Waals surface area contributed by atoms with Gasteiger partial charge in [0.25, 0.3) is 0 Å². The molecule has 2 heterocycles. The number of nitrogens with one attached hydrogen (secondary N) is 1. The van der Waals surface area contributed by atoms with E-state index in [4.69, 9.17) is 0 Å². The van der Waals surface area contributed by atoms with E-state index in [0.717, 1.165) is 18.1 Å². The molecular weight excluding hydrogens is 244 g/mol. The third kappa shape index (κ3) is 3.51. The minimum Gasteiger partial charge on any atom is -0.362 e. The highest BCUT2D eigenvalue weighted by atomic mass is 32.2. The number of aromatic nitrogens is 2. The van der Waals surface area contributed by atoms with Crippen molar-refractivity contribution < 1.29 is 0 Å². The van der Waals surface area contributed by atoms with Crippen molar-refractivity contribution in [1.29, 1.82) is 0 Å². The van der Waals surface area contributed by atoms with E-state index in [0.29, 0.717) is 12.0 Å². The first-order chi connectivity index (χ1) is 8.66. The highest BCUT2D eigenvalue weighted by molar-refractivity contribution is 8.13. The van der Waals surface area contributed by atoms with Crippen LogP contribution in [0, 0.1) is 5.92 Å². The third-order valence-electron chi connectivity index (χ3n) is 3.33. The number of nitrogens with zero attached hydrogens (tertiary/aromatic N) is 3. The number of aliphatic imine (C=N–C) groups is 1. The summed E-state index contributed by atoms with van der Waals surface area (Å²) in [4.78, 5) is 4.66. The molecule has 1 saturated heterocycles. The van der Waals surface area contributed by atoms with Crippen LogP contribution in [-0.4, -0.2) is 33.3 Å². The van der Waals surface area contributed by atoms with E-state index in [9.17, 15) is 0 Å². The maximum atomic E-state index is 4.66. The van der Waals surface area contributed by atoms with Gasteiger partial charge in [0.1, 0.15) is 0 Å². The van der Waals surface area contributed by atoms with Gasteiger partial charge in [0.05, 0.1) is 0 Å². The summed E-state index contributed by atoms with van der Waals surface area (Å²) in [5.74, 6) is 1.86. The molecule has 2 rings (SSSR count). The maximum absolute atomic E-state index is 4.66. The average molecular weight is 266 g/mol. The second-order valence-corrected chi connectivity index (χ2v) is 6.10. The Kier molecular flexibility index (Phi) is 4.69. The molecule has 1 atom stereocenters. The fourth-order valence-electron chi connectivity index (χ4n) is 2.06. The van der Waals surface area contributed by atoms with Crippen LogP contribution < -0.4 is 5.32 Å². The van der Waals surface area contributed by atoms with Gasteiger partial charge < -0.3 is 5.32 Å². The van der Waals surface area contributed by atoms with Crippen molar-refractivity contribution in [1.82, 2.24) is 15.1 Å². The molecule has 1 unspecified atom stereocenters. The van der Waals surface area contributed by atoms with Crippen molar-refractivity contribution in [2.75, 3.05) is 12.3 Å². The molecule has 1 N–H and O–H groups in total. The topological polar surface area (TPSA) is 42.2 Å². The molecule has 1 aromatic heterocycles. The van der Waals surface area contributed by atoms with Crippen molar-refractivity contribution >= 4 is 16.9 Å². The Morgan fingerprint density at radius 2 is 2.44 bits per heavy atom. The number of hydrogen-bond donors (Lipinski definition) is 1. The predicted molar refractivity (Wildman–Crippen MR) is 78.1 cm³/mol. The Hall–Kier alpha value is -0.970. The van der Waals surface area contributed by atoms with Crippen LogP contribution in [0.5, 0.6) is 0 Å². The first-order valence-electron chi connectivity index (χ1n) is 6.57. The van der Waals surface area contributed by atoms with E-state index in [2.05, 4.69) is 35.3 Å². The van der Waals surface area contributed by atoms with Gasteiger partial charge in [-0.2, -0.15) is 5.10 Å². The monoisotopic (exact) mass is 266 g/mol. The standard InChI is InChI=1S/C13H22N4S/c1-10(2)12-6-9-18-13(16-12)14-7-4-11-5-8-15-17(11)3/h5,8,10,12H,4,6-7,9H2,1-3H3,(H,14,16). The molecule has 5 heteroatoms. The number of hydrogen-bond acceptors (Lipinski definition) is 3. The molecule has 100 valence electrons. The molecule has 0 bridgehead atoms. The SMILES string of the molecule is CC(C)C1CCSC(=NCCc2ccnn2C)N1. The summed E-state index contributed by atoms with van der Waals surface area (Å²) in [5, 5.41) is 8.82. The molecule has 4 nitrogen and oxygen atoms in total. The van der Waals surface area contributed by atoms with Gasteiger partial charge in [-0.15, -0.1) is 0 Å². The molecule has 1 fully saturated rings. The van der Waals surface area contributed by atoms with Crippen LogP contribution in [0.1, 0.15) is 26.0 Å². The summed E-state index contributed by atoms with van der Waals surface area (Å²) >= 11 is 1.84. The number of thioether (sulfide) groups is 1. The van der Waals surface area contributed by atoms with E-state index in [1.54, 1.807) is 0 Å². The second kappa shape index (κ2) is 6.27. The van der Waals surface area contributed by atoms with Crippen LogP contribution in [0.4, 0.5) is 0 Å². The molecule has 18 heavy (non-hydrogen) atoms. The lowest BCUT2D eigenvalue weighted by Gasteiger charge is -2.28. The molecule has 0 aliphatic carbocycles. The minimum atomic E-state index is 0.585. The predicted octanol–water partition coefficient (Wildman–Crippen LogP) is 2.07. The smallest absolute Gasteiger partial charge is 0.156 e. The van der Waals surface area contributed by atoms with Crippen molar-refractivity contribution in [3.8, 4) is 0 Å². The molecule has 0 amide bonds. The van der Waals surface area contributed by atoms with Gasteiger partial charge in [0.2, 0.25) is 0 Å². The first-order valence-corrected chi connectivity index (χ1v) is 7.56. The van der Waals surface area contributed by atoms with Crippen molar-refractivity contribution in [2.45, 2.75) is 32.7 Å². The highest BCUT2D eigenvalue weighted by Gasteiger charge is 2.19. The van der Waals surface area contributed by atoms with E-state index in [1.807, 2.05) is 29.7 Å². The van der Waals surface area contributed by atoms with Crippen LogP contribution >= 0.6 is 11.8 Å². The van der Waals surface area contributed by atoms with Crippen molar-refractivity contribution in [3.63, 3.8) is 0 Å². The summed E-state index contributed by atoms with van der Waals surface area (Å²) in [6, 6.07) is 2.64. The van der Waals surface area contributed by atoms with E-state index < -0.39 is 0 Å². The van der Waals surface area contributed by atoms with Crippen molar-refractivity contribution in [3.05, 3.63) is 18.0 Å². The lowest BCUT2D eigenvalue weighted by Crippen LogP contribution is -2.41. The minimum absolute atomic E-state index is 0.585. The van der Waals surface area contributed by atoms with E-state index in [-0.39, 0.29) is 0 Å². The molecule has 0 radical (unpaired) electrons. The highest BCUT2D eigenvalue weighted by Crippen LogP contribution is 2.18. The lowest BCUT2D eigenvalue weighted by atomic mass is 10.0. The van der Waals surface area contributed by atoms with Gasteiger partial charge in [0, 0.05) is 43.7 Å². The third-order valence-corrected chi connectivity index (χ3v) is 4.29. The van der Waals surface area contributed by atoms with Crippen LogP contribution in [0.15, 0.2) is 17.3 Å². The Morgan fingerprint density at radius 3 is 3.11 bits per heavy atom. The Labute approximate surface area is 113 Å². The van der Waals surface area contributed by atoms with Crippen LogP contribution in [-0.2, 0) is 13.5 Å². The van der Waals surface area contributed by atoms with Crippen LogP contribution in [0.2, 0.25) is 0 Å². The van der Waals surface area contributed by atoms with E-state index >= 15 is 0 Å². The zero-order valence-electron chi connectivity index (χ0n) is 11.4. The molecule has 0 saturated carbocycles. The fourth-order valence-corrected chi connectivity index (χ4v) is 3.05. The van der Waals surface area contributed by atoms with Gasteiger partial charge in [-0.25, -0.2) is 0 Å². The molecule has 1 aliphatic rings. The molecular formula is C13H22N4S. The van der Waals surface area contributed by atoms with Gasteiger partial charge in [0.15, 0.2) is 5.17 Å². The molecule has 1 aliphatic heterocycles. The van der Waals surface area contributed by atoms with Gasteiger partial charge in [-0.3, -0.25) is 9.67 Å². The number of amidine groups is 1. The van der Waals surface area contributed by atoms with Gasteiger partial charge in [-0.1, -0.05) is 25.6 Å². The Balaban J connectivity index is 1.84. The fraction of sp³-hybridized carbons (Fsp3) is 0.692. The molecule has 0 aromatic carbocycles. The average Bonchev–Trinajstić information content (AvgIpc) is 2.76. The first kappa shape index (κ1) is 13.5. The largest absolute Gasteiger partial charge is 0.362 e. The van der Waals surface area contributed by atoms with Crippen LogP contribution in [0.25, 0.3) is 0 Å². The number of aryl methyl sites for hydroxylation is 1.